The van der Waals surface area contributed by atoms with Gasteiger partial charge in [0.05, 0.1) is 8.07 Å². The van der Waals surface area contributed by atoms with Crippen LogP contribution in [-0.4, -0.2) is 16.1 Å². The molecule has 0 saturated heterocycles. The molecule has 2 bridgehead atoms. The molecule has 0 saturated carbocycles. The summed E-state index contributed by atoms with van der Waals surface area (Å²) >= 11 is 1.59. The van der Waals surface area contributed by atoms with E-state index in [2.05, 4.69) is 101 Å². The Balaban J connectivity index is 0.000000208. The standard InChI is InChI=1S/C19H21Si.C11H14OSi.2ClH.Zr/c1-14-12-16-6-5-7-18(19(16)13-14)15-8-10-17(11-9-15)20(2,3)4;1-6-5-8-9(12-6)11-7(2)10(8)13(11,3)4;;;/h5-13H,1-4H3;5,11H,1-4H3;2*1H;/q;;;;+2/p-2. The minimum atomic E-state index is -1.21. The van der Waals surface area contributed by atoms with Crippen LogP contribution < -0.4 is 30.0 Å². The number of furan rings is 1. The Morgan fingerprint density at radius 2 is 1.53 bits per heavy atom. The van der Waals surface area contributed by atoms with Crippen LogP contribution in [0.15, 0.2) is 64.1 Å². The van der Waals surface area contributed by atoms with Crippen molar-refractivity contribution in [3.05, 3.63) is 87.9 Å². The first-order valence-corrected chi connectivity index (χ1v) is 20.4. The van der Waals surface area contributed by atoms with Crippen LogP contribution in [0.3, 0.4) is 0 Å². The van der Waals surface area contributed by atoms with E-state index in [0.29, 0.717) is 9.17 Å². The quantitative estimate of drug-likeness (QED) is 0.397. The predicted octanol–water partition coefficient (Wildman–Crippen LogP) is 2.17. The maximum Gasteiger partial charge on any atom is -1.00 e. The van der Waals surface area contributed by atoms with Gasteiger partial charge in [-0.3, -0.25) is 0 Å². The molecule has 36 heavy (non-hydrogen) atoms. The summed E-state index contributed by atoms with van der Waals surface area (Å²) in [6.07, 6.45) is 2.39. The second-order valence-electron chi connectivity index (χ2n) is 11.8. The summed E-state index contributed by atoms with van der Waals surface area (Å²) in [5, 5.41) is 3.20. The summed E-state index contributed by atoms with van der Waals surface area (Å²) in [6, 6.07) is 18.3. The van der Waals surface area contributed by atoms with Gasteiger partial charge >= 0.3 is 145 Å². The Morgan fingerprint density at radius 1 is 0.889 bits per heavy atom. The number of benzene rings is 2. The van der Waals surface area contributed by atoms with Crippen LogP contribution in [0.2, 0.25) is 32.7 Å². The van der Waals surface area contributed by atoms with Gasteiger partial charge in [0.25, 0.3) is 0 Å². The zero-order valence-electron chi connectivity index (χ0n) is 22.5. The molecule has 187 valence electrons. The van der Waals surface area contributed by atoms with Crippen molar-refractivity contribution in [2.45, 2.75) is 62.7 Å². The van der Waals surface area contributed by atoms with E-state index in [1.165, 1.54) is 44.3 Å². The van der Waals surface area contributed by atoms with Gasteiger partial charge in [0.15, 0.2) is 0 Å². The molecule has 0 spiro atoms. The fraction of sp³-hybridized carbons (Fsp3) is 0.333. The van der Waals surface area contributed by atoms with Crippen LogP contribution in [0.1, 0.15) is 51.2 Å². The molecule has 0 N–H and O–H groups in total. The maximum atomic E-state index is 5.78. The number of hydrogen-bond acceptors (Lipinski definition) is 1. The van der Waals surface area contributed by atoms with Gasteiger partial charge in [0.2, 0.25) is 0 Å². The molecule has 2 aromatic carbocycles. The van der Waals surface area contributed by atoms with Crippen molar-refractivity contribution in [2.75, 3.05) is 0 Å². The van der Waals surface area contributed by atoms with E-state index in [9.17, 15) is 0 Å². The summed E-state index contributed by atoms with van der Waals surface area (Å²) < 4.78 is 6.43. The second-order valence-corrected chi connectivity index (χ2v) is 22.8. The molecular formula is C30H35Cl2OSi2Zr. The third kappa shape index (κ3) is 4.71. The number of aryl methyl sites for hydroxylation is 1. The van der Waals surface area contributed by atoms with Gasteiger partial charge in [-0.1, -0.05) is 18.7 Å². The molecule has 2 aliphatic heterocycles. The van der Waals surface area contributed by atoms with Gasteiger partial charge in [0, 0.05) is 11.1 Å². The Kier molecular flexibility index (Phi) is 8.52. The Hall–Kier alpha value is -0.903. The fourth-order valence-corrected chi connectivity index (χ4v) is 12.4. The average molecular weight is 630 g/mol. The summed E-state index contributed by atoms with van der Waals surface area (Å²) in [4.78, 5) is 0. The fourth-order valence-electron chi connectivity index (χ4n) is 6.24. The van der Waals surface area contributed by atoms with E-state index in [0.717, 1.165) is 5.76 Å². The summed E-state index contributed by atoms with van der Waals surface area (Å²) in [7, 11) is -2.31. The number of halogens is 2. The van der Waals surface area contributed by atoms with Crippen molar-refractivity contribution in [3.8, 4) is 11.1 Å². The molecule has 0 radical (unpaired) electrons. The number of fused-ring (bicyclic) bond motifs is 1. The maximum absolute atomic E-state index is 5.78. The smallest absolute Gasteiger partial charge is 1.00 e. The molecular weight excluding hydrogens is 595 g/mol. The molecule has 6 heteroatoms. The zero-order valence-corrected chi connectivity index (χ0v) is 28.5. The summed E-state index contributed by atoms with van der Waals surface area (Å²) in [6.45, 7) is 18.7. The van der Waals surface area contributed by atoms with Gasteiger partial charge in [-0.05, 0) is 25.1 Å². The van der Waals surface area contributed by atoms with E-state index in [-0.39, 0.29) is 24.8 Å². The molecule has 4 aliphatic rings. The Bertz CT molecular complexity index is 1360. The topological polar surface area (TPSA) is 13.1 Å². The van der Waals surface area contributed by atoms with E-state index in [1.807, 2.05) is 6.92 Å². The van der Waals surface area contributed by atoms with Gasteiger partial charge in [-0.25, -0.2) is 0 Å². The van der Waals surface area contributed by atoms with Gasteiger partial charge in [0.1, 0.15) is 11.5 Å². The summed E-state index contributed by atoms with van der Waals surface area (Å²) in [5.41, 5.74) is 10.9. The molecule has 1 nitrogen and oxygen atoms in total. The minimum absolute atomic E-state index is 0. The normalized spacial score (nSPS) is 20.2. The second kappa shape index (κ2) is 10.3. The number of hydrogen-bond donors (Lipinski definition) is 0. The zero-order chi connectivity index (χ0) is 24.6. The first kappa shape index (κ1) is 29.6. The van der Waals surface area contributed by atoms with E-state index >= 15 is 0 Å². The Morgan fingerprint density at radius 3 is 2.08 bits per heavy atom. The molecule has 7 rings (SSSR count). The third-order valence-electron chi connectivity index (χ3n) is 7.95. The minimum Gasteiger partial charge on any atom is -1.00 e. The Labute approximate surface area is 246 Å². The largest absolute Gasteiger partial charge is 1.00 e. The first-order valence-electron chi connectivity index (χ1n) is 12.4. The van der Waals surface area contributed by atoms with Gasteiger partial charge < -0.3 is 29.2 Å². The van der Waals surface area contributed by atoms with Crippen LogP contribution in [0.5, 0.6) is 0 Å². The molecule has 3 aromatic rings. The van der Waals surface area contributed by atoms with Crippen LogP contribution in [-0.2, 0) is 24.7 Å². The molecule has 0 amide bonds. The van der Waals surface area contributed by atoms with Crippen molar-refractivity contribution < 1.29 is 54.0 Å². The molecule has 2 unspecified atom stereocenters. The van der Waals surface area contributed by atoms with Crippen molar-refractivity contribution in [2.24, 2.45) is 0 Å². The molecule has 2 atom stereocenters. The van der Waals surface area contributed by atoms with Crippen molar-refractivity contribution in [3.63, 3.8) is 0 Å². The monoisotopic (exact) mass is 627 g/mol. The van der Waals surface area contributed by atoms with Gasteiger partial charge in [-0.2, -0.15) is 0 Å². The van der Waals surface area contributed by atoms with Crippen molar-refractivity contribution in [1.29, 1.82) is 0 Å². The van der Waals surface area contributed by atoms with Crippen molar-refractivity contribution in [1.82, 2.24) is 0 Å². The third-order valence-corrected chi connectivity index (χ3v) is 16.0. The summed E-state index contributed by atoms with van der Waals surface area (Å²) in [5.74, 6) is 2.35. The SMILES string of the molecule is CC1=C2c3cc(C)oc3C1[Si]2(C)C.CC1=Cc2c(-c3ccc([Si](C)(C)C)cc3)cccc2[CH]1[Zr+2].[Cl-].[Cl-]. The van der Waals surface area contributed by atoms with Crippen LogP contribution in [0.4, 0.5) is 0 Å². The first-order chi connectivity index (χ1) is 15.9. The molecule has 0 fully saturated rings. The van der Waals surface area contributed by atoms with E-state index < -0.39 is 16.1 Å². The predicted molar refractivity (Wildman–Crippen MR) is 148 cm³/mol. The van der Waals surface area contributed by atoms with Crippen LogP contribution in [0, 0.1) is 6.92 Å². The number of allylic oxidation sites excluding steroid dienone is 2. The molecule has 2 aliphatic carbocycles. The van der Waals surface area contributed by atoms with Crippen LogP contribution >= 0.6 is 0 Å². The van der Waals surface area contributed by atoms with Gasteiger partial charge in [-0.15, -0.1) is 0 Å². The number of rotatable bonds is 2. The van der Waals surface area contributed by atoms with E-state index in [4.69, 9.17) is 4.42 Å². The molecule has 1 aromatic heterocycles. The average Bonchev–Trinajstić information content (AvgIpc) is 3.41. The van der Waals surface area contributed by atoms with Crippen molar-refractivity contribution >= 4 is 32.6 Å². The molecule has 3 heterocycles. The van der Waals surface area contributed by atoms with Crippen LogP contribution in [0.25, 0.3) is 22.4 Å². The van der Waals surface area contributed by atoms with E-state index in [1.54, 1.807) is 35.5 Å².